The van der Waals surface area contributed by atoms with E-state index >= 15 is 0 Å². The second-order valence-corrected chi connectivity index (χ2v) is 17.1. The molecule has 0 aliphatic heterocycles. The predicted octanol–water partition coefficient (Wildman–Crippen LogP) is 12.8. The largest absolute Gasteiger partial charge is 0.756 e. The van der Waals surface area contributed by atoms with E-state index in [-0.39, 0.29) is 32.2 Å². The lowest BCUT2D eigenvalue weighted by Crippen LogP contribution is -2.37. The van der Waals surface area contributed by atoms with Gasteiger partial charge in [0.15, 0.2) is 0 Å². The SMILES string of the molecule is CC/C=C\C/C=C\C/C=C\C/C=C\C/C=C\C/C=C\CCCCC(=O)OC(COCCCCCCCC/C=C\C/C=C\CCCC)COP(=O)([O-])OCC[N+](C)(C)C. The molecule has 0 saturated carbocycles. The number of unbranched alkanes of at least 4 members (excludes halogenated alkanes) is 10. The maximum absolute atomic E-state index is 12.7. The molecule has 0 heterocycles. The number of esters is 1. The summed E-state index contributed by atoms with van der Waals surface area (Å²) >= 11 is 0. The van der Waals surface area contributed by atoms with E-state index in [1.165, 1.54) is 38.5 Å². The summed E-state index contributed by atoms with van der Waals surface area (Å²) in [6.45, 7) is 5.14. The van der Waals surface area contributed by atoms with E-state index in [9.17, 15) is 14.3 Å². The molecule has 0 N–H and O–H groups in total. The Labute approximate surface area is 356 Å². The molecule has 332 valence electrons. The van der Waals surface area contributed by atoms with Gasteiger partial charge in [0, 0.05) is 13.0 Å². The second-order valence-electron chi connectivity index (χ2n) is 15.7. The van der Waals surface area contributed by atoms with Gasteiger partial charge in [-0.25, -0.2) is 0 Å². The van der Waals surface area contributed by atoms with Gasteiger partial charge in [-0.3, -0.25) is 9.36 Å². The predicted molar refractivity (Wildman–Crippen MR) is 245 cm³/mol. The maximum Gasteiger partial charge on any atom is 0.306 e. The minimum atomic E-state index is -4.55. The summed E-state index contributed by atoms with van der Waals surface area (Å²) in [5.41, 5.74) is 0. The molecule has 8 nitrogen and oxygen atoms in total. The zero-order valence-electron chi connectivity index (χ0n) is 37.5. The van der Waals surface area contributed by atoms with Gasteiger partial charge in [-0.1, -0.05) is 150 Å². The Morgan fingerprint density at radius 3 is 1.50 bits per heavy atom. The quantitative estimate of drug-likeness (QED) is 0.0200. The second kappa shape index (κ2) is 41.2. The third-order valence-electron chi connectivity index (χ3n) is 8.87. The Hall–Kier alpha value is -2.58. The third-order valence-corrected chi connectivity index (χ3v) is 9.83. The number of hydrogen-bond donors (Lipinski definition) is 0. The van der Waals surface area contributed by atoms with Crippen molar-refractivity contribution in [1.82, 2.24) is 0 Å². The fourth-order valence-corrected chi connectivity index (χ4v) is 6.12. The van der Waals surface area contributed by atoms with Crippen LogP contribution in [0.25, 0.3) is 0 Å². The van der Waals surface area contributed by atoms with Crippen LogP contribution in [0.1, 0.15) is 149 Å². The van der Waals surface area contributed by atoms with Crippen molar-refractivity contribution < 1.29 is 37.3 Å². The standard InChI is InChI=1S/C49H84NO7P/c1-6-8-10-12-14-16-18-20-22-23-24-25-26-27-28-30-32-34-36-38-40-42-49(51)57-48(47-56-58(52,53)55-45-43-50(3,4)5)46-54-44-41-39-37-35-33-31-29-21-19-17-15-13-11-9-7-2/h8,10,13-16,19-22,24-25,27-28,32,34,48H,6-7,9,11-12,17-18,23,26,29-31,33,35-47H2,1-5H3/b10-8-,15-13-,16-14-,21-19-,22-20-,25-24-,28-27-,34-32-. The number of allylic oxidation sites excluding steroid dienone is 16. The van der Waals surface area contributed by atoms with Crippen molar-refractivity contribution in [3.05, 3.63) is 97.2 Å². The molecule has 0 saturated heterocycles. The van der Waals surface area contributed by atoms with Crippen LogP contribution in [0.15, 0.2) is 97.2 Å². The van der Waals surface area contributed by atoms with Gasteiger partial charge in [0.25, 0.3) is 7.82 Å². The minimum Gasteiger partial charge on any atom is -0.756 e. The summed E-state index contributed by atoms with van der Waals surface area (Å²) in [5.74, 6) is -0.384. The summed E-state index contributed by atoms with van der Waals surface area (Å²) in [7, 11) is 1.30. The Morgan fingerprint density at radius 1 is 0.552 bits per heavy atom. The number of phosphoric acid groups is 1. The van der Waals surface area contributed by atoms with Crippen molar-refractivity contribution in [2.75, 3.05) is 54.1 Å². The molecule has 0 aliphatic rings. The summed E-state index contributed by atoms with van der Waals surface area (Å²) in [5, 5.41) is 0. The number of hydrogen-bond acceptors (Lipinski definition) is 7. The molecule has 0 fully saturated rings. The van der Waals surface area contributed by atoms with Crippen LogP contribution in [-0.2, 0) is 27.9 Å². The van der Waals surface area contributed by atoms with Crippen LogP contribution in [-0.4, -0.2) is 70.7 Å². The van der Waals surface area contributed by atoms with Crippen LogP contribution >= 0.6 is 7.82 Å². The van der Waals surface area contributed by atoms with Crippen molar-refractivity contribution in [3.8, 4) is 0 Å². The Morgan fingerprint density at radius 2 is 1.00 bits per heavy atom. The summed E-state index contributed by atoms with van der Waals surface area (Å²) in [4.78, 5) is 25.1. The first kappa shape index (κ1) is 55.4. The molecule has 9 heteroatoms. The van der Waals surface area contributed by atoms with Crippen LogP contribution in [0, 0.1) is 0 Å². The smallest absolute Gasteiger partial charge is 0.306 e. The van der Waals surface area contributed by atoms with Crippen LogP contribution in [0.3, 0.4) is 0 Å². The topological polar surface area (TPSA) is 94.1 Å². The average Bonchev–Trinajstić information content (AvgIpc) is 3.18. The number of phosphoric ester groups is 1. The van der Waals surface area contributed by atoms with Crippen molar-refractivity contribution in [1.29, 1.82) is 0 Å². The van der Waals surface area contributed by atoms with Crippen molar-refractivity contribution in [2.45, 2.75) is 155 Å². The molecule has 0 spiro atoms. The normalized spacial score (nSPS) is 14.7. The molecule has 0 aromatic carbocycles. The highest BCUT2D eigenvalue weighted by molar-refractivity contribution is 7.45. The van der Waals surface area contributed by atoms with E-state index in [1.807, 2.05) is 21.1 Å². The highest BCUT2D eigenvalue weighted by Gasteiger charge is 2.20. The first-order chi connectivity index (χ1) is 28.1. The molecule has 0 aromatic rings. The van der Waals surface area contributed by atoms with Gasteiger partial charge >= 0.3 is 5.97 Å². The molecule has 0 bridgehead atoms. The van der Waals surface area contributed by atoms with Gasteiger partial charge < -0.3 is 27.9 Å². The van der Waals surface area contributed by atoms with E-state index in [1.54, 1.807) is 0 Å². The van der Waals surface area contributed by atoms with Crippen LogP contribution in [0.4, 0.5) is 0 Å². The molecular weight excluding hydrogens is 746 g/mol. The highest BCUT2D eigenvalue weighted by Crippen LogP contribution is 2.38. The number of quaternary nitrogens is 1. The van der Waals surface area contributed by atoms with E-state index in [2.05, 4.69) is 111 Å². The van der Waals surface area contributed by atoms with Gasteiger partial charge in [0.2, 0.25) is 0 Å². The highest BCUT2D eigenvalue weighted by atomic mass is 31.2. The fraction of sp³-hybridized carbons (Fsp3) is 0.653. The number of carbonyl (C=O) groups is 1. The van der Waals surface area contributed by atoms with E-state index < -0.39 is 13.9 Å². The summed E-state index contributed by atoms with van der Waals surface area (Å²) in [6, 6.07) is 0. The van der Waals surface area contributed by atoms with Gasteiger partial charge in [-0.2, -0.15) is 0 Å². The minimum absolute atomic E-state index is 0.00941. The van der Waals surface area contributed by atoms with Crippen LogP contribution in [0.2, 0.25) is 0 Å². The van der Waals surface area contributed by atoms with E-state index in [0.717, 1.165) is 83.5 Å². The lowest BCUT2D eigenvalue weighted by atomic mass is 10.1. The number of carbonyl (C=O) groups excluding carboxylic acids is 1. The Kier molecular flexibility index (Phi) is 39.3. The molecule has 2 unspecified atom stereocenters. The molecular formula is C49H84NO7P. The summed E-state index contributed by atoms with van der Waals surface area (Å²) < 4.78 is 34.5. The van der Waals surface area contributed by atoms with E-state index in [4.69, 9.17) is 18.5 Å². The van der Waals surface area contributed by atoms with Gasteiger partial charge in [0.1, 0.15) is 19.3 Å². The monoisotopic (exact) mass is 830 g/mol. The maximum atomic E-state index is 12.7. The number of likely N-dealkylation sites (N-methyl/N-ethyl adjacent to an activating group) is 1. The van der Waals surface area contributed by atoms with Gasteiger partial charge in [0.05, 0.1) is 34.4 Å². The average molecular weight is 830 g/mol. The van der Waals surface area contributed by atoms with Crippen molar-refractivity contribution >= 4 is 13.8 Å². The number of nitrogens with zero attached hydrogens (tertiary/aromatic N) is 1. The molecule has 0 radical (unpaired) electrons. The number of ether oxygens (including phenoxy) is 2. The summed E-state index contributed by atoms with van der Waals surface area (Å²) in [6.07, 6.45) is 55.7. The third kappa shape index (κ3) is 44.5. The van der Waals surface area contributed by atoms with E-state index in [0.29, 0.717) is 24.1 Å². The fourth-order valence-electron chi connectivity index (χ4n) is 5.39. The molecule has 0 rings (SSSR count). The lowest BCUT2D eigenvalue weighted by Gasteiger charge is -2.28. The lowest BCUT2D eigenvalue weighted by molar-refractivity contribution is -0.870. The first-order valence-electron chi connectivity index (χ1n) is 22.5. The van der Waals surface area contributed by atoms with Crippen LogP contribution < -0.4 is 4.89 Å². The molecule has 58 heavy (non-hydrogen) atoms. The Bertz CT molecular complexity index is 1240. The zero-order valence-corrected chi connectivity index (χ0v) is 38.3. The Balaban J connectivity index is 4.36. The number of rotatable bonds is 40. The molecule has 2 atom stereocenters. The van der Waals surface area contributed by atoms with Crippen LogP contribution in [0.5, 0.6) is 0 Å². The molecule has 0 amide bonds. The molecule has 0 aromatic heterocycles. The van der Waals surface area contributed by atoms with Crippen molar-refractivity contribution in [3.63, 3.8) is 0 Å². The van der Waals surface area contributed by atoms with Gasteiger partial charge in [-0.05, 0) is 89.9 Å². The molecule has 0 aliphatic carbocycles. The van der Waals surface area contributed by atoms with Gasteiger partial charge in [-0.15, -0.1) is 0 Å². The van der Waals surface area contributed by atoms with Crippen molar-refractivity contribution in [2.24, 2.45) is 0 Å². The first-order valence-corrected chi connectivity index (χ1v) is 23.9. The zero-order chi connectivity index (χ0) is 42.7.